The molecule has 0 aromatic heterocycles. The Labute approximate surface area is 188 Å². The first-order valence-corrected chi connectivity index (χ1v) is 10.6. The molecule has 0 heterocycles. The molecule has 1 fully saturated rings. The van der Waals surface area contributed by atoms with Gasteiger partial charge in [0.25, 0.3) is 0 Å². The first kappa shape index (κ1) is 27.1. The maximum absolute atomic E-state index is 10.8. The van der Waals surface area contributed by atoms with Crippen molar-refractivity contribution in [3.05, 3.63) is 58.8 Å². The van der Waals surface area contributed by atoms with Gasteiger partial charge in [-0.25, -0.2) is 0 Å². The Morgan fingerprint density at radius 3 is 1.97 bits per heavy atom. The molecule has 0 amide bonds. The number of aromatic hydroxyl groups is 1. The molecular weight excluding hydrogens is 412 g/mol. The minimum Gasteiger partial charge on any atom is -0.870 e. The van der Waals surface area contributed by atoms with Gasteiger partial charge in [-0.3, -0.25) is 9.59 Å². The first-order valence-electron chi connectivity index (χ1n) is 10.6. The zero-order valence-corrected chi connectivity index (χ0v) is 19.0. The van der Waals surface area contributed by atoms with E-state index in [0.717, 1.165) is 37.6 Å². The summed E-state index contributed by atoms with van der Waals surface area (Å²) in [7, 11) is 0. The lowest BCUT2D eigenvalue weighted by atomic mass is 9.68. The maximum Gasteiger partial charge on any atom is 0.349 e. The van der Waals surface area contributed by atoms with Gasteiger partial charge < -0.3 is 31.0 Å². The van der Waals surface area contributed by atoms with E-state index in [0.29, 0.717) is 16.7 Å². The van der Waals surface area contributed by atoms with Crippen LogP contribution in [0.1, 0.15) is 39.2 Å². The Morgan fingerprint density at radius 2 is 1.50 bits per heavy atom. The molecule has 176 valence electrons. The molecular formula is C24H34N2O6. The average Bonchev–Trinajstić information content (AvgIpc) is 2.73. The van der Waals surface area contributed by atoms with Crippen LogP contribution in [-0.4, -0.2) is 79.5 Å². The minimum atomic E-state index is -1.01. The molecule has 0 radical (unpaired) electrons. The molecule has 6 N–H and O–H groups in total. The molecule has 1 aromatic rings. The monoisotopic (exact) mass is 446 g/mol. The highest BCUT2D eigenvalue weighted by Crippen LogP contribution is 2.44. The number of phenolic OH excluding ortho intramolecular Hbond substituents is 1. The SMILES string of the molecule is CCN(CC)C1=CC(=[OH+])C(=C2C(=[OH+])C(c3ccc(N(CC)CC)cc3O)C2O)C=C1.[OH-].[OH-]. The first-order chi connectivity index (χ1) is 14.4. The molecule has 32 heavy (non-hydrogen) atoms. The third-order valence-corrected chi connectivity index (χ3v) is 6.06. The fourth-order valence-corrected chi connectivity index (χ4v) is 4.27. The van der Waals surface area contributed by atoms with Crippen molar-refractivity contribution in [2.75, 3.05) is 31.1 Å². The number of phenols is 1. The quantitative estimate of drug-likeness (QED) is 0.485. The maximum atomic E-state index is 10.8. The molecule has 8 nitrogen and oxygen atoms in total. The van der Waals surface area contributed by atoms with E-state index in [1.54, 1.807) is 24.3 Å². The fourth-order valence-electron chi connectivity index (χ4n) is 4.27. The van der Waals surface area contributed by atoms with Crippen LogP contribution < -0.4 is 4.90 Å². The predicted molar refractivity (Wildman–Crippen MR) is 125 cm³/mol. The molecule has 1 aromatic carbocycles. The average molecular weight is 447 g/mol. The predicted octanol–water partition coefficient (Wildman–Crippen LogP) is 2.52. The van der Waals surface area contributed by atoms with Crippen molar-refractivity contribution in [2.45, 2.75) is 39.7 Å². The molecule has 1 saturated carbocycles. The van der Waals surface area contributed by atoms with E-state index in [1.165, 1.54) is 0 Å². The summed E-state index contributed by atoms with van der Waals surface area (Å²) < 4.78 is 0. The number of ketones is 2. The number of anilines is 1. The van der Waals surface area contributed by atoms with E-state index in [-0.39, 0.29) is 28.3 Å². The summed E-state index contributed by atoms with van der Waals surface area (Å²) in [6, 6.07) is 5.29. The van der Waals surface area contributed by atoms with Gasteiger partial charge in [-0.2, -0.15) is 0 Å². The Kier molecular flexibility index (Phi) is 9.38. The molecule has 3 rings (SSSR count). The van der Waals surface area contributed by atoms with Gasteiger partial charge in [0.1, 0.15) is 17.8 Å². The van der Waals surface area contributed by atoms with Crippen LogP contribution in [-0.2, 0) is 0 Å². The highest BCUT2D eigenvalue weighted by molar-refractivity contribution is 6.20. The third kappa shape index (κ3) is 4.62. The van der Waals surface area contributed by atoms with Crippen LogP contribution in [0.4, 0.5) is 5.69 Å². The van der Waals surface area contributed by atoms with E-state index >= 15 is 0 Å². The summed E-state index contributed by atoms with van der Waals surface area (Å²) in [5.74, 6) is -0.693. The standard InChI is InChI=1S/C24H30N2O4.2H2O/c1-5-25(6-2)15-9-11-17(19(27)13-15)21-23(29)22(24(21)30)18-12-10-16(14-20(18)28)26(7-3)8-4;;/h9-14,21,23,27,29H,5-8H2,1-4H3;2*1H2. The molecule has 2 aliphatic rings. The molecule has 8 heteroatoms. The summed E-state index contributed by atoms with van der Waals surface area (Å²) in [6.45, 7) is 11.4. The smallest absolute Gasteiger partial charge is 0.349 e. The number of allylic oxidation sites excluding steroid dienone is 4. The third-order valence-electron chi connectivity index (χ3n) is 6.06. The lowest BCUT2D eigenvalue weighted by Crippen LogP contribution is -2.45. The van der Waals surface area contributed by atoms with Crippen molar-refractivity contribution < 1.29 is 30.8 Å². The molecule has 0 spiro atoms. The van der Waals surface area contributed by atoms with Crippen molar-refractivity contribution in [1.29, 1.82) is 0 Å². The van der Waals surface area contributed by atoms with Crippen LogP contribution in [0.15, 0.2) is 53.3 Å². The van der Waals surface area contributed by atoms with E-state index in [2.05, 4.69) is 9.80 Å². The summed E-state index contributed by atoms with van der Waals surface area (Å²) >= 11 is 0. The van der Waals surface area contributed by atoms with Crippen LogP contribution in [0.3, 0.4) is 0 Å². The van der Waals surface area contributed by atoms with Crippen LogP contribution in [0.2, 0.25) is 0 Å². The molecule has 2 aliphatic carbocycles. The van der Waals surface area contributed by atoms with Crippen molar-refractivity contribution in [3.63, 3.8) is 0 Å². The topological polar surface area (TPSA) is 150 Å². The number of hydrogen-bond donors (Lipinski definition) is 2. The molecule has 2 unspecified atom stereocenters. The summed E-state index contributed by atoms with van der Waals surface area (Å²) in [5.41, 5.74) is 2.96. The second-order valence-electron chi connectivity index (χ2n) is 7.51. The van der Waals surface area contributed by atoms with Gasteiger partial charge in [-0.15, -0.1) is 0 Å². The molecule has 2 atom stereocenters. The van der Waals surface area contributed by atoms with Crippen molar-refractivity contribution >= 4 is 17.3 Å². The summed E-state index contributed by atoms with van der Waals surface area (Å²) in [5, 5.41) is 21.3. The number of aliphatic hydroxyl groups is 1. The lowest BCUT2D eigenvalue weighted by molar-refractivity contribution is 0.178. The van der Waals surface area contributed by atoms with Gasteiger partial charge in [0, 0.05) is 49.2 Å². The number of nitrogens with zero attached hydrogens (tertiary/aromatic N) is 2. The van der Waals surface area contributed by atoms with Crippen LogP contribution >= 0.6 is 0 Å². The molecule has 0 bridgehead atoms. The zero-order chi connectivity index (χ0) is 22.0. The zero-order valence-electron chi connectivity index (χ0n) is 19.0. The van der Waals surface area contributed by atoms with Crippen molar-refractivity contribution in [2.24, 2.45) is 0 Å². The summed E-state index contributed by atoms with van der Waals surface area (Å²) in [4.78, 5) is 25.5. The van der Waals surface area contributed by atoms with Gasteiger partial charge in [0.2, 0.25) is 0 Å². The number of aliphatic hydroxyl groups excluding tert-OH is 1. The largest absolute Gasteiger partial charge is 0.870 e. The normalized spacial score (nSPS) is 21.8. The van der Waals surface area contributed by atoms with Gasteiger partial charge >= 0.3 is 11.6 Å². The number of benzene rings is 1. The second kappa shape index (κ2) is 11.1. The van der Waals surface area contributed by atoms with E-state index in [9.17, 15) is 19.8 Å². The Morgan fingerprint density at radius 1 is 0.906 bits per heavy atom. The number of rotatable bonds is 7. The van der Waals surface area contributed by atoms with E-state index in [1.807, 2.05) is 39.8 Å². The van der Waals surface area contributed by atoms with Crippen LogP contribution in [0.5, 0.6) is 5.75 Å². The van der Waals surface area contributed by atoms with E-state index < -0.39 is 12.0 Å². The lowest BCUT2D eigenvalue weighted by Gasteiger charge is -2.32. The number of carbonyl (C=O) groups excluding carboxylic acids is 2. The van der Waals surface area contributed by atoms with Crippen molar-refractivity contribution in [3.8, 4) is 5.75 Å². The number of hydrogen-bond acceptors (Lipinski definition) is 6. The van der Waals surface area contributed by atoms with Crippen LogP contribution in [0.25, 0.3) is 0 Å². The molecule has 0 aliphatic heterocycles. The van der Waals surface area contributed by atoms with E-state index in [4.69, 9.17) is 0 Å². The second-order valence-corrected chi connectivity index (χ2v) is 7.51. The van der Waals surface area contributed by atoms with Gasteiger partial charge in [-0.05, 0) is 45.9 Å². The minimum absolute atomic E-state index is 0. The Balaban J connectivity index is 0.00000256. The van der Waals surface area contributed by atoms with Gasteiger partial charge in [-0.1, -0.05) is 6.07 Å². The van der Waals surface area contributed by atoms with Gasteiger partial charge in [0.05, 0.1) is 17.2 Å². The Hall–Kier alpha value is -2.94. The fraction of sp³-hybridized carbons (Fsp3) is 0.417. The number of likely N-dealkylation sites (N-methyl/N-ethyl adjacent to an activating group) is 1. The summed E-state index contributed by atoms with van der Waals surface area (Å²) in [6.07, 6.45) is 4.23. The molecule has 0 saturated heterocycles. The van der Waals surface area contributed by atoms with Crippen LogP contribution in [0, 0.1) is 0 Å². The highest BCUT2D eigenvalue weighted by Gasteiger charge is 2.54. The van der Waals surface area contributed by atoms with Gasteiger partial charge in [0.15, 0.2) is 0 Å². The highest BCUT2D eigenvalue weighted by atomic mass is 16.3. The van der Waals surface area contributed by atoms with Crippen molar-refractivity contribution in [1.82, 2.24) is 4.90 Å². The Bertz CT molecular complexity index is 942.